The number of aromatic nitrogens is 2. The summed E-state index contributed by atoms with van der Waals surface area (Å²) in [5.74, 6) is 1.50. The third kappa shape index (κ3) is 3.66. The maximum atomic E-state index is 11.0. The molecule has 0 saturated carbocycles. The second-order valence-electron chi connectivity index (χ2n) is 5.36. The van der Waals surface area contributed by atoms with Crippen molar-refractivity contribution >= 4 is 11.7 Å². The van der Waals surface area contributed by atoms with Gasteiger partial charge in [-0.05, 0) is 44.2 Å². The molecular weight excluding hydrogens is 240 g/mol. The Kier molecular flexibility index (Phi) is 4.35. The summed E-state index contributed by atoms with van der Waals surface area (Å²) in [7, 11) is 0. The summed E-state index contributed by atoms with van der Waals surface area (Å²) in [6, 6.07) is 2.10. The number of aryl methyl sites for hydroxylation is 2. The summed E-state index contributed by atoms with van der Waals surface area (Å²) < 4.78 is 0. The first-order chi connectivity index (χ1) is 9.06. The molecule has 1 aliphatic heterocycles. The molecule has 0 spiro atoms. The van der Waals surface area contributed by atoms with Gasteiger partial charge in [0.05, 0.1) is 5.69 Å². The Labute approximate surface area is 114 Å². The van der Waals surface area contributed by atoms with Crippen LogP contribution in [0.15, 0.2) is 6.07 Å². The van der Waals surface area contributed by atoms with Gasteiger partial charge in [0.1, 0.15) is 0 Å². The van der Waals surface area contributed by atoms with Crippen molar-refractivity contribution in [3.05, 3.63) is 17.3 Å². The molecule has 1 unspecified atom stereocenters. The smallest absolute Gasteiger partial charge is 0.216 e. The van der Waals surface area contributed by atoms with Gasteiger partial charge >= 0.3 is 0 Å². The van der Waals surface area contributed by atoms with E-state index in [0.717, 1.165) is 44.0 Å². The van der Waals surface area contributed by atoms with E-state index in [1.165, 1.54) is 5.56 Å². The van der Waals surface area contributed by atoms with Crippen LogP contribution in [0, 0.1) is 19.8 Å². The maximum Gasteiger partial charge on any atom is 0.216 e. The third-order valence-electron chi connectivity index (χ3n) is 3.70. The summed E-state index contributed by atoms with van der Waals surface area (Å²) in [6.45, 7) is 8.32. The summed E-state index contributed by atoms with van der Waals surface area (Å²) in [5, 5.41) is 11.4. The van der Waals surface area contributed by atoms with E-state index in [1.54, 1.807) is 6.92 Å². The fourth-order valence-corrected chi connectivity index (χ4v) is 2.41. The Bertz CT molecular complexity index is 461. The zero-order chi connectivity index (χ0) is 13.8. The zero-order valence-corrected chi connectivity index (χ0v) is 11.9. The molecular formula is C14H22N4O. The summed E-state index contributed by atoms with van der Waals surface area (Å²) in [4.78, 5) is 13.2. The van der Waals surface area contributed by atoms with Crippen LogP contribution in [0.5, 0.6) is 0 Å². The molecule has 1 N–H and O–H groups in total. The first-order valence-corrected chi connectivity index (χ1v) is 6.86. The molecule has 1 amide bonds. The average Bonchev–Trinajstić information content (AvgIpc) is 2.40. The fraction of sp³-hybridized carbons (Fsp3) is 0.643. The van der Waals surface area contributed by atoms with Crippen molar-refractivity contribution < 1.29 is 4.79 Å². The van der Waals surface area contributed by atoms with Crippen LogP contribution < -0.4 is 10.2 Å². The Morgan fingerprint density at radius 1 is 1.47 bits per heavy atom. The van der Waals surface area contributed by atoms with E-state index >= 15 is 0 Å². The van der Waals surface area contributed by atoms with Crippen molar-refractivity contribution in [2.24, 2.45) is 5.92 Å². The second kappa shape index (κ2) is 5.99. The molecule has 0 radical (unpaired) electrons. The molecule has 0 aromatic carbocycles. The van der Waals surface area contributed by atoms with Crippen LogP contribution in [-0.4, -0.2) is 35.7 Å². The molecule has 5 nitrogen and oxygen atoms in total. The van der Waals surface area contributed by atoms with Gasteiger partial charge in [-0.2, -0.15) is 5.10 Å². The summed E-state index contributed by atoms with van der Waals surface area (Å²) in [6.07, 6.45) is 2.30. The number of amides is 1. The number of piperidine rings is 1. The molecule has 1 aromatic heterocycles. The van der Waals surface area contributed by atoms with E-state index in [1.807, 2.05) is 6.92 Å². The van der Waals surface area contributed by atoms with Gasteiger partial charge in [-0.25, -0.2) is 0 Å². The largest absolute Gasteiger partial charge is 0.356 e. The molecule has 1 fully saturated rings. The molecule has 2 rings (SSSR count). The second-order valence-corrected chi connectivity index (χ2v) is 5.36. The van der Waals surface area contributed by atoms with Gasteiger partial charge in [-0.3, -0.25) is 4.79 Å². The van der Waals surface area contributed by atoms with Crippen LogP contribution in [0.1, 0.15) is 31.0 Å². The van der Waals surface area contributed by atoms with E-state index in [2.05, 4.69) is 33.4 Å². The predicted molar refractivity (Wildman–Crippen MR) is 75.1 cm³/mol. The van der Waals surface area contributed by atoms with Gasteiger partial charge in [0.25, 0.3) is 0 Å². The summed E-state index contributed by atoms with van der Waals surface area (Å²) in [5.41, 5.74) is 2.16. The Balaban J connectivity index is 2.00. The normalized spacial score (nSPS) is 19.3. The van der Waals surface area contributed by atoms with Crippen LogP contribution in [-0.2, 0) is 4.79 Å². The molecule has 1 saturated heterocycles. The number of hydrogen-bond donors (Lipinski definition) is 1. The Morgan fingerprint density at radius 3 is 2.95 bits per heavy atom. The average molecular weight is 262 g/mol. The molecule has 104 valence electrons. The van der Waals surface area contributed by atoms with Crippen molar-refractivity contribution in [3.63, 3.8) is 0 Å². The van der Waals surface area contributed by atoms with E-state index in [0.29, 0.717) is 5.92 Å². The number of anilines is 1. The zero-order valence-electron chi connectivity index (χ0n) is 11.9. The third-order valence-corrected chi connectivity index (χ3v) is 3.70. The molecule has 2 heterocycles. The first kappa shape index (κ1) is 13.8. The van der Waals surface area contributed by atoms with Gasteiger partial charge in [-0.15, -0.1) is 5.10 Å². The van der Waals surface area contributed by atoms with E-state index in [-0.39, 0.29) is 5.91 Å². The highest BCUT2D eigenvalue weighted by molar-refractivity contribution is 5.72. The summed E-state index contributed by atoms with van der Waals surface area (Å²) >= 11 is 0. The van der Waals surface area contributed by atoms with Crippen molar-refractivity contribution in [1.82, 2.24) is 15.5 Å². The first-order valence-electron chi connectivity index (χ1n) is 6.86. The SMILES string of the molecule is CC(=O)NCC1CCCN(c2cc(C)c(C)nn2)C1. The number of carbonyl (C=O) groups excluding carboxylic acids is 1. The van der Waals surface area contributed by atoms with E-state index in [9.17, 15) is 4.79 Å². The predicted octanol–water partition coefficient (Wildman–Crippen LogP) is 1.45. The standard InChI is InChI=1S/C14H22N4O/c1-10-7-14(17-16-11(10)2)18-6-4-5-13(9-18)8-15-12(3)19/h7,13H,4-6,8-9H2,1-3H3,(H,15,19). The lowest BCUT2D eigenvalue weighted by Gasteiger charge is -2.33. The van der Waals surface area contributed by atoms with Crippen LogP contribution in [0.25, 0.3) is 0 Å². The lowest BCUT2D eigenvalue weighted by atomic mass is 9.98. The van der Waals surface area contributed by atoms with Gasteiger partial charge in [0.15, 0.2) is 5.82 Å². The minimum absolute atomic E-state index is 0.0445. The Hall–Kier alpha value is -1.65. The highest BCUT2D eigenvalue weighted by Crippen LogP contribution is 2.21. The van der Waals surface area contributed by atoms with Crippen molar-refractivity contribution in [2.75, 3.05) is 24.5 Å². The topological polar surface area (TPSA) is 58.1 Å². The monoisotopic (exact) mass is 262 g/mol. The highest BCUT2D eigenvalue weighted by atomic mass is 16.1. The van der Waals surface area contributed by atoms with Crippen LogP contribution in [0.2, 0.25) is 0 Å². The molecule has 5 heteroatoms. The number of nitrogens with one attached hydrogen (secondary N) is 1. The van der Waals surface area contributed by atoms with Gasteiger partial charge < -0.3 is 10.2 Å². The molecule has 1 aliphatic rings. The minimum Gasteiger partial charge on any atom is -0.356 e. The molecule has 1 atom stereocenters. The number of rotatable bonds is 3. The molecule has 1 aromatic rings. The number of carbonyl (C=O) groups is 1. The molecule has 0 bridgehead atoms. The van der Waals surface area contributed by atoms with Crippen molar-refractivity contribution in [1.29, 1.82) is 0 Å². The van der Waals surface area contributed by atoms with Gasteiger partial charge in [-0.1, -0.05) is 0 Å². The lowest BCUT2D eigenvalue weighted by Crippen LogP contribution is -2.41. The lowest BCUT2D eigenvalue weighted by molar-refractivity contribution is -0.119. The maximum absolute atomic E-state index is 11.0. The minimum atomic E-state index is 0.0445. The van der Waals surface area contributed by atoms with Crippen molar-refractivity contribution in [3.8, 4) is 0 Å². The van der Waals surface area contributed by atoms with Gasteiger partial charge in [0, 0.05) is 26.6 Å². The number of hydrogen-bond acceptors (Lipinski definition) is 4. The van der Waals surface area contributed by atoms with Crippen molar-refractivity contribution in [2.45, 2.75) is 33.6 Å². The quantitative estimate of drug-likeness (QED) is 0.895. The van der Waals surface area contributed by atoms with Gasteiger partial charge in [0.2, 0.25) is 5.91 Å². The van der Waals surface area contributed by atoms with E-state index < -0.39 is 0 Å². The van der Waals surface area contributed by atoms with Crippen LogP contribution >= 0.6 is 0 Å². The highest BCUT2D eigenvalue weighted by Gasteiger charge is 2.21. The molecule has 19 heavy (non-hydrogen) atoms. The van der Waals surface area contributed by atoms with Crippen LogP contribution in [0.4, 0.5) is 5.82 Å². The van der Waals surface area contributed by atoms with E-state index in [4.69, 9.17) is 0 Å². The Morgan fingerprint density at radius 2 is 2.26 bits per heavy atom. The fourth-order valence-electron chi connectivity index (χ4n) is 2.41. The van der Waals surface area contributed by atoms with Crippen LogP contribution in [0.3, 0.4) is 0 Å². The molecule has 0 aliphatic carbocycles. The number of nitrogens with zero attached hydrogens (tertiary/aromatic N) is 3.